The van der Waals surface area contributed by atoms with Crippen molar-refractivity contribution in [3.05, 3.63) is 52.5 Å². The Morgan fingerprint density at radius 2 is 1.83 bits per heavy atom. The summed E-state index contributed by atoms with van der Waals surface area (Å²) >= 11 is 3.30. The van der Waals surface area contributed by atoms with Crippen molar-refractivity contribution >= 4 is 31.9 Å². The summed E-state index contributed by atoms with van der Waals surface area (Å²) in [5, 5.41) is 0. The second-order valence-electron chi connectivity index (χ2n) is 7.36. The molecule has 1 atom stereocenters. The van der Waals surface area contributed by atoms with E-state index < -0.39 is 10.0 Å². The van der Waals surface area contributed by atoms with Crippen LogP contribution < -0.4 is 9.47 Å². The van der Waals surface area contributed by atoms with Gasteiger partial charge in [0.1, 0.15) is 13.2 Å². The normalized spacial score (nSPS) is 18.6. The number of likely N-dealkylation sites (tertiary alicyclic amines) is 1. The minimum absolute atomic E-state index is 0.0999. The fourth-order valence-corrected chi connectivity index (χ4v) is 5.22. The highest BCUT2D eigenvalue weighted by atomic mass is 79.9. The molecule has 2 aromatic carbocycles. The molecule has 0 N–H and O–H groups in total. The molecule has 1 fully saturated rings. The van der Waals surface area contributed by atoms with Crippen molar-refractivity contribution in [3.63, 3.8) is 0 Å². The molecular weight excluding hydrogens is 472 g/mol. The van der Waals surface area contributed by atoms with Gasteiger partial charge in [0.2, 0.25) is 15.9 Å². The molecule has 0 spiro atoms. The molecule has 9 heteroatoms. The molecule has 1 unspecified atom stereocenters. The molecular formula is C21H23BrN2O5S. The zero-order chi connectivity index (χ0) is 21.3. The lowest BCUT2D eigenvalue weighted by molar-refractivity contribution is -0.132. The van der Waals surface area contributed by atoms with Crippen LogP contribution in [-0.2, 0) is 14.8 Å². The zero-order valence-corrected chi connectivity index (χ0v) is 19.0. The smallest absolute Gasteiger partial charge is 0.243 e. The molecule has 2 aliphatic rings. The third-order valence-corrected chi connectivity index (χ3v) is 7.75. The number of rotatable bonds is 5. The number of hydrogen-bond donors (Lipinski definition) is 0. The summed E-state index contributed by atoms with van der Waals surface area (Å²) in [6, 6.07) is 12.0. The van der Waals surface area contributed by atoms with Crippen molar-refractivity contribution in [2.24, 2.45) is 0 Å². The van der Waals surface area contributed by atoms with E-state index in [4.69, 9.17) is 9.47 Å². The van der Waals surface area contributed by atoms with Crippen molar-refractivity contribution in [2.45, 2.75) is 23.8 Å². The maximum atomic E-state index is 13.0. The summed E-state index contributed by atoms with van der Waals surface area (Å²) in [6.45, 7) is 1.42. The van der Waals surface area contributed by atoms with Gasteiger partial charge >= 0.3 is 0 Å². The molecule has 2 aromatic rings. The lowest BCUT2D eigenvalue weighted by Gasteiger charge is -2.28. The molecule has 30 heavy (non-hydrogen) atoms. The van der Waals surface area contributed by atoms with Crippen LogP contribution in [0, 0.1) is 0 Å². The summed E-state index contributed by atoms with van der Waals surface area (Å²) in [5.74, 6) is 1.18. The van der Waals surface area contributed by atoms with E-state index in [0.717, 1.165) is 27.2 Å². The molecule has 7 nitrogen and oxygen atoms in total. The molecule has 1 saturated heterocycles. The van der Waals surface area contributed by atoms with Gasteiger partial charge in [-0.05, 0) is 54.8 Å². The maximum absolute atomic E-state index is 13.0. The summed E-state index contributed by atoms with van der Waals surface area (Å²) in [6.07, 6.45) is 1.70. The first-order valence-electron chi connectivity index (χ1n) is 9.77. The molecule has 0 bridgehead atoms. The lowest BCUT2D eigenvalue weighted by Crippen LogP contribution is -2.40. The molecule has 160 valence electrons. The van der Waals surface area contributed by atoms with E-state index in [1.54, 1.807) is 17.0 Å². The Kier molecular flexibility index (Phi) is 6.04. The standard InChI is InChI=1S/C21H23BrN2O5S/c1-23(30(26,27)17-7-5-16(22)6-8-17)14-21(25)24-10-2-3-18(24)15-4-9-19-20(13-15)29-12-11-28-19/h4-9,13,18H,2-3,10-12,14H2,1H3. The van der Waals surface area contributed by atoms with E-state index in [9.17, 15) is 13.2 Å². The fourth-order valence-electron chi connectivity index (χ4n) is 3.83. The van der Waals surface area contributed by atoms with E-state index in [-0.39, 0.29) is 23.4 Å². The van der Waals surface area contributed by atoms with Crippen LogP contribution in [0.4, 0.5) is 0 Å². The second-order valence-corrected chi connectivity index (χ2v) is 10.3. The van der Waals surface area contributed by atoms with E-state index >= 15 is 0 Å². The van der Waals surface area contributed by atoms with Crippen LogP contribution in [0.2, 0.25) is 0 Å². The molecule has 0 radical (unpaired) electrons. The largest absolute Gasteiger partial charge is 0.486 e. The van der Waals surface area contributed by atoms with Gasteiger partial charge in [0, 0.05) is 18.1 Å². The highest BCUT2D eigenvalue weighted by Gasteiger charge is 2.33. The third-order valence-electron chi connectivity index (χ3n) is 5.40. The number of fused-ring (bicyclic) bond motifs is 1. The van der Waals surface area contributed by atoms with Gasteiger partial charge in [-0.3, -0.25) is 4.79 Å². The number of carbonyl (C=O) groups excluding carboxylic acids is 1. The Hall–Kier alpha value is -2.10. The van der Waals surface area contributed by atoms with Crippen LogP contribution in [0.15, 0.2) is 51.8 Å². The number of hydrogen-bond acceptors (Lipinski definition) is 5. The van der Waals surface area contributed by atoms with Gasteiger partial charge in [0.15, 0.2) is 11.5 Å². The first-order chi connectivity index (χ1) is 14.4. The number of halogens is 1. The van der Waals surface area contributed by atoms with Gasteiger partial charge < -0.3 is 14.4 Å². The molecule has 2 heterocycles. The molecule has 2 aliphatic heterocycles. The van der Waals surface area contributed by atoms with E-state index in [0.29, 0.717) is 31.3 Å². The quantitative estimate of drug-likeness (QED) is 0.637. The maximum Gasteiger partial charge on any atom is 0.243 e. The predicted octanol–water partition coefficient (Wildman–Crippen LogP) is 3.20. The highest BCUT2D eigenvalue weighted by Crippen LogP contribution is 2.38. The van der Waals surface area contributed by atoms with Crippen LogP contribution >= 0.6 is 15.9 Å². The Bertz CT molecular complexity index is 1040. The number of ether oxygens (including phenoxy) is 2. The average molecular weight is 495 g/mol. The Morgan fingerprint density at radius 1 is 1.13 bits per heavy atom. The number of sulfonamides is 1. The molecule has 0 saturated carbocycles. The molecule has 1 amide bonds. The highest BCUT2D eigenvalue weighted by molar-refractivity contribution is 9.10. The van der Waals surface area contributed by atoms with Crippen molar-refractivity contribution in [1.82, 2.24) is 9.21 Å². The van der Waals surface area contributed by atoms with Crippen LogP contribution in [0.5, 0.6) is 11.5 Å². The van der Waals surface area contributed by atoms with Crippen LogP contribution in [0.1, 0.15) is 24.4 Å². The minimum atomic E-state index is -3.75. The van der Waals surface area contributed by atoms with E-state index in [2.05, 4.69) is 15.9 Å². The van der Waals surface area contributed by atoms with Gasteiger partial charge in [0.05, 0.1) is 17.5 Å². The van der Waals surface area contributed by atoms with Crippen LogP contribution in [0.25, 0.3) is 0 Å². The zero-order valence-electron chi connectivity index (χ0n) is 16.6. The van der Waals surface area contributed by atoms with Crippen molar-refractivity contribution in [3.8, 4) is 11.5 Å². The Labute approximate surface area is 184 Å². The first kappa shape index (κ1) is 21.1. The van der Waals surface area contributed by atoms with Crippen molar-refractivity contribution < 1.29 is 22.7 Å². The fraction of sp³-hybridized carbons (Fsp3) is 0.381. The van der Waals surface area contributed by atoms with E-state index in [1.165, 1.54) is 19.2 Å². The number of carbonyl (C=O) groups is 1. The number of nitrogens with zero attached hydrogens (tertiary/aromatic N) is 2. The predicted molar refractivity (Wildman–Crippen MR) is 115 cm³/mol. The van der Waals surface area contributed by atoms with Crippen LogP contribution in [-0.4, -0.2) is 56.9 Å². The second kappa shape index (κ2) is 8.56. The molecule has 4 rings (SSSR count). The van der Waals surface area contributed by atoms with Gasteiger partial charge in [-0.15, -0.1) is 0 Å². The summed E-state index contributed by atoms with van der Waals surface area (Å²) in [4.78, 5) is 14.9. The topological polar surface area (TPSA) is 76.2 Å². The number of benzene rings is 2. The van der Waals surface area contributed by atoms with Gasteiger partial charge in [-0.1, -0.05) is 22.0 Å². The lowest BCUT2D eigenvalue weighted by atomic mass is 10.0. The van der Waals surface area contributed by atoms with Gasteiger partial charge in [0.25, 0.3) is 0 Å². The number of likely N-dealkylation sites (N-methyl/N-ethyl adjacent to an activating group) is 1. The first-order valence-corrected chi connectivity index (χ1v) is 12.0. The molecule has 0 aromatic heterocycles. The third kappa shape index (κ3) is 4.19. The summed E-state index contributed by atoms with van der Waals surface area (Å²) in [7, 11) is -2.31. The monoisotopic (exact) mass is 494 g/mol. The van der Waals surface area contributed by atoms with Gasteiger partial charge in [-0.25, -0.2) is 8.42 Å². The van der Waals surface area contributed by atoms with Crippen LogP contribution in [0.3, 0.4) is 0 Å². The Morgan fingerprint density at radius 3 is 2.57 bits per heavy atom. The van der Waals surface area contributed by atoms with Crippen molar-refractivity contribution in [1.29, 1.82) is 0 Å². The van der Waals surface area contributed by atoms with Crippen molar-refractivity contribution in [2.75, 3.05) is 33.4 Å². The SMILES string of the molecule is CN(CC(=O)N1CCCC1c1ccc2c(c1)OCCO2)S(=O)(=O)c1ccc(Br)cc1. The summed E-state index contributed by atoms with van der Waals surface area (Å²) < 4.78 is 38.8. The Balaban J connectivity index is 1.49. The minimum Gasteiger partial charge on any atom is -0.486 e. The molecule has 0 aliphatic carbocycles. The number of amides is 1. The summed E-state index contributed by atoms with van der Waals surface area (Å²) in [5.41, 5.74) is 0.975. The van der Waals surface area contributed by atoms with Gasteiger partial charge in [-0.2, -0.15) is 4.31 Å². The van der Waals surface area contributed by atoms with E-state index in [1.807, 2.05) is 18.2 Å². The average Bonchev–Trinajstić information content (AvgIpc) is 3.24.